The van der Waals surface area contributed by atoms with Crippen molar-refractivity contribution >= 4 is 23.7 Å². The Bertz CT molecular complexity index is 406. The van der Waals surface area contributed by atoms with Crippen LogP contribution in [0.25, 0.3) is 0 Å². The van der Waals surface area contributed by atoms with E-state index in [2.05, 4.69) is 43.3 Å². The lowest BCUT2D eigenvalue weighted by Crippen LogP contribution is -2.36. The first kappa shape index (κ1) is 18.9. The summed E-state index contributed by atoms with van der Waals surface area (Å²) in [4.78, 5) is 7.37. The first-order valence-corrected chi connectivity index (χ1v) is 8.75. The van der Waals surface area contributed by atoms with Crippen molar-refractivity contribution < 1.29 is 0 Å². The van der Waals surface area contributed by atoms with Gasteiger partial charge in [0.1, 0.15) is 0 Å². The predicted octanol–water partition coefficient (Wildman–Crippen LogP) is 3.68. The van der Waals surface area contributed by atoms with Crippen molar-refractivity contribution in [2.24, 2.45) is 5.92 Å². The van der Waals surface area contributed by atoms with Crippen molar-refractivity contribution in [2.75, 3.05) is 26.2 Å². The molecule has 0 amide bonds. The van der Waals surface area contributed by atoms with E-state index in [0.717, 1.165) is 19.0 Å². The number of rotatable bonds is 5. The number of piperidine rings is 1. The molecule has 0 aromatic carbocycles. The third-order valence-corrected chi connectivity index (χ3v) is 5.29. The van der Waals surface area contributed by atoms with Gasteiger partial charge in [-0.2, -0.15) is 0 Å². The summed E-state index contributed by atoms with van der Waals surface area (Å²) in [6.45, 7) is 14.6. The molecule has 122 valence electrons. The van der Waals surface area contributed by atoms with E-state index in [9.17, 15) is 0 Å². The van der Waals surface area contributed by atoms with E-state index in [1.807, 2.05) is 11.3 Å². The van der Waals surface area contributed by atoms with Crippen molar-refractivity contribution in [3.63, 3.8) is 0 Å². The summed E-state index contributed by atoms with van der Waals surface area (Å²) in [7, 11) is 0. The van der Waals surface area contributed by atoms with E-state index in [0.29, 0.717) is 0 Å². The molecule has 1 aromatic rings. The van der Waals surface area contributed by atoms with Crippen molar-refractivity contribution in [3.8, 4) is 0 Å². The topological polar surface area (TPSA) is 28.2 Å². The molecule has 1 aliphatic heterocycles. The first-order valence-electron chi connectivity index (χ1n) is 7.87. The molecular formula is C16H30ClN3S. The Kier molecular flexibility index (Phi) is 7.62. The summed E-state index contributed by atoms with van der Waals surface area (Å²) < 4.78 is 0. The van der Waals surface area contributed by atoms with Crippen molar-refractivity contribution in [3.05, 3.63) is 16.1 Å². The van der Waals surface area contributed by atoms with Crippen molar-refractivity contribution in [2.45, 2.75) is 52.5 Å². The van der Waals surface area contributed by atoms with Crippen LogP contribution >= 0.6 is 23.7 Å². The number of nitrogens with one attached hydrogen (secondary N) is 1. The van der Waals surface area contributed by atoms with Gasteiger partial charge in [0.2, 0.25) is 0 Å². The zero-order valence-electron chi connectivity index (χ0n) is 13.8. The van der Waals surface area contributed by atoms with Crippen LogP contribution in [0.3, 0.4) is 0 Å². The number of likely N-dealkylation sites (tertiary alicyclic amines) is 1. The standard InChI is InChI=1S/C16H29N3S.ClH/c1-5-17-10-13-6-8-19(9-7-13)11-14-12-20-15(18-14)16(2,3)4;/h12-13,17H,5-11H2,1-4H3;1H. The van der Waals surface area contributed by atoms with Crippen LogP contribution in [0.1, 0.15) is 51.2 Å². The second kappa shape index (κ2) is 8.47. The summed E-state index contributed by atoms with van der Waals surface area (Å²) in [5, 5.41) is 6.97. The molecule has 0 bridgehead atoms. The Labute approximate surface area is 139 Å². The minimum Gasteiger partial charge on any atom is -0.317 e. The maximum Gasteiger partial charge on any atom is 0.0982 e. The average Bonchev–Trinajstić information content (AvgIpc) is 2.86. The molecule has 0 spiro atoms. The maximum atomic E-state index is 4.81. The fourth-order valence-electron chi connectivity index (χ4n) is 2.65. The van der Waals surface area contributed by atoms with Crippen LogP contribution in [-0.4, -0.2) is 36.1 Å². The van der Waals surface area contributed by atoms with Crippen LogP contribution in [0.4, 0.5) is 0 Å². The number of thiazole rings is 1. The Morgan fingerprint density at radius 2 is 2.00 bits per heavy atom. The summed E-state index contributed by atoms with van der Waals surface area (Å²) in [6, 6.07) is 0. The molecule has 1 aliphatic rings. The van der Waals surface area contributed by atoms with Crippen LogP contribution < -0.4 is 5.32 Å². The first-order chi connectivity index (χ1) is 9.49. The SMILES string of the molecule is CCNCC1CCN(Cc2csc(C(C)(C)C)n2)CC1.Cl. The molecule has 21 heavy (non-hydrogen) atoms. The van der Waals surface area contributed by atoms with Gasteiger partial charge in [-0.1, -0.05) is 27.7 Å². The van der Waals surface area contributed by atoms with Gasteiger partial charge in [-0.25, -0.2) is 4.98 Å². The molecule has 1 fully saturated rings. The highest BCUT2D eigenvalue weighted by atomic mass is 35.5. The van der Waals surface area contributed by atoms with Gasteiger partial charge in [-0.15, -0.1) is 23.7 Å². The Morgan fingerprint density at radius 3 is 2.52 bits per heavy atom. The normalized spacial score (nSPS) is 17.7. The highest BCUT2D eigenvalue weighted by Crippen LogP contribution is 2.26. The van der Waals surface area contributed by atoms with E-state index < -0.39 is 0 Å². The largest absolute Gasteiger partial charge is 0.317 e. The minimum absolute atomic E-state index is 0. The molecule has 0 aliphatic carbocycles. The highest BCUT2D eigenvalue weighted by Gasteiger charge is 2.21. The second-order valence-electron chi connectivity index (χ2n) is 6.92. The molecule has 0 unspecified atom stereocenters. The van der Waals surface area contributed by atoms with Gasteiger partial charge in [0.05, 0.1) is 10.7 Å². The van der Waals surface area contributed by atoms with Gasteiger partial charge >= 0.3 is 0 Å². The fourth-order valence-corrected chi connectivity index (χ4v) is 3.55. The maximum absolute atomic E-state index is 4.81. The van der Waals surface area contributed by atoms with Gasteiger partial charge in [0.15, 0.2) is 0 Å². The van der Waals surface area contributed by atoms with E-state index >= 15 is 0 Å². The van der Waals surface area contributed by atoms with Crippen molar-refractivity contribution in [1.29, 1.82) is 0 Å². The lowest BCUT2D eigenvalue weighted by Gasteiger charge is -2.31. The van der Waals surface area contributed by atoms with Crippen LogP contribution in [0, 0.1) is 5.92 Å². The Balaban J connectivity index is 0.00000220. The molecule has 2 heterocycles. The summed E-state index contributed by atoms with van der Waals surface area (Å²) in [6.07, 6.45) is 2.65. The molecule has 1 aromatic heterocycles. The number of nitrogens with zero attached hydrogens (tertiary/aromatic N) is 2. The predicted molar refractivity (Wildman–Crippen MR) is 94.6 cm³/mol. The zero-order chi connectivity index (χ0) is 14.6. The lowest BCUT2D eigenvalue weighted by atomic mass is 9.96. The van der Waals surface area contributed by atoms with Gasteiger partial charge in [0.25, 0.3) is 0 Å². The van der Waals surface area contributed by atoms with Crippen LogP contribution in [0.2, 0.25) is 0 Å². The summed E-state index contributed by atoms with van der Waals surface area (Å²) >= 11 is 1.81. The molecule has 5 heteroatoms. The van der Waals surface area contributed by atoms with E-state index in [1.54, 1.807) is 0 Å². The fraction of sp³-hybridized carbons (Fsp3) is 0.812. The van der Waals surface area contributed by atoms with E-state index in [1.165, 1.54) is 43.2 Å². The third kappa shape index (κ3) is 5.85. The molecular weight excluding hydrogens is 302 g/mol. The molecule has 3 nitrogen and oxygen atoms in total. The molecule has 0 radical (unpaired) electrons. The lowest BCUT2D eigenvalue weighted by molar-refractivity contribution is 0.174. The van der Waals surface area contributed by atoms with Crippen LogP contribution in [0.5, 0.6) is 0 Å². The van der Waals surface area contributed by atoms with Gasteiger partial charge in [0, 0.05) is 17.3 Å². The van der Waals surface area contributed by atoms with Gasteiger partial charge in [-0.3, -0.25) is 4.90 Å². The number of hydrogen-bond acceptors (Lipinski definition) is 4. The Morgan fingerprint density at radius 1 is 1.33 bits per heavy atom. The van der Waals surface area contributed by atoms with Gasteiger partial charge in [-0.05, 0) is 44.9 Å². The second-order valence-corrected chi connectivity index (χ2v) is 7.78. The zero-order valence-corrected chi connectivity index (χ0v) is 15.4. The van der Waals surface area contributed by atoms with Crippen LogP contribution in [-0.2, 0) is 12.0 Å². The minimum atomic E-state index is 0. The molecule has 0 atom stereocenters. The third-order valence-electron chi connectivity index (χ3n) is 3.97. The van der Waals surface area contributed by atoms with Crippen molar-refractivity contribution in [1.82, 2.24) is 15.2 Å². The van der Waals surface area contributed by atoms with Crippen LogP contribution in [0.15, 0.2) is 5.38 Å². The number of halogens is 1. The molecule has 0 saturated carbocycles. The smallest absolute Gasteiger partial charge is 0.0982 e. The monoisotopic (exact) mass is 331 g/mol. The molecule has 1 saturated heterocycles. The summed E-state index contributed by atoms with van der Waals surface area (Å²) in [5.41, 5.74) is 1.44. The molecule has 1 N–H and O–H groups in total. The average molecular weight is 332 g/mol. The van der Waals surface area contributed by atoms with E-state index in [-0.39, 0.29) is 17.8 Å². The number of hydrogen-bond donors (Lipinski definition) is 1. The Hall–Kier alpha value is -0.160. The van der Waals surface area contributed by atoms with Gasteiger partial charge < -0.3 is 5.32 Å². The number of aromatic nitrogens is 1. The quantitative estimate of drug-likeness (QED) is 0.892. The van der Waals surface area contributed by atoms with E-state index in [4.69, 9.17) is 4.98 Å². The highest BCUT2D eigenvalue weighted by molar-refractivity contribution is 7.09. The molecule has 2 rings (SSSR count). The summed E-state index contributed by atoms with van der Waals surface area (Å²) in [5.74, 6) is 0.867.